The third kappa shape index (κ3) is 2.64. The van der Waals surface area contributed by atoms with Crippen LogP contribution < -0.4 is 4.90 Å². The molecule has 4 rings (SSSR count). The minimum atomic E-state index is 0.515. The fourth-order valence-corrected chi connectivity index (χ4v) is 3.52. The Hall–Kier alpha value is -1.85. The van der Waals surface area contributed by atoms with Crippen LogP contribution >= 0.6 is 23.2 Å². The Bertz CT molecular complexity index is 790. The highest BCUT2D eigenvalue weighted by atomic mass is 35.5. The van der Waals surface area contributed by atoms with E-state index in [1.54, 1.807) is 12.7 Å². The number of hydrogen-bond acceptors (Lipinski definition) is 4. The first-order valence-electron chi connectivity index (χ1n) is 7.58. The average Bonchev–Trinajstić information content (AvgIpc) is 3.22. The van der Waals surface area contributed by atoms with E-state index >= 15 is 0 Å². The van der Waals surface area contributed by atoms with Crippen molar-refractivity contribution in [1.82, 2.24) is 19.5 Å². The van der Waals surface area contributed by atoms with Crippen LogP contribution in [-0.4, -0.2) is 32.6 Å². The summed E-state index contributed by atoms with van der Waals surface area (Å²) in [4.78, 5) is 15.7. The Labute approximate surface area is 144 Å². The van der Waals surface area contributed by atoms with Crippen LogP contribution in [-0.2, 0) is 6.54 Å². The molecule has 0 amide bonds. The van der Waals surface area contributed by atoms with Crippen LogP contribution in [0.4, 0.5) is 5.82 Å². The molecule has 1 saturated heterocycles. The van der Waals surface area contributed by atoms with Gasteiger partial charge in [0.15, 0.2) is 17.3 Å². The van der Waals surface area contributed by atoms with E-state index in [9.17, 15) is 0 Å². The van der Waals surface area contributed by atoms with Gasteiger partial charge in [-0.3, -0.25) is 0 Å². The summed E-state index contributed by atoms with van der Waals surface area (Å²) in [7, 11) is 0. The van der Waals surface area contributed by atoms with E-state index in [-0.39, 0.29) is 0 Å². The fourth-order valence-electron chi connectivity index (χ4n) is 3.00. The maximum atomic E-state index is 6.28. The van der Waals surface area contributed by atoms with E-state index < -0.39 is 0 Å². The number of anilines is 1. The second-order valence-electron chi connectivity index (χ2n) is 5.64. The number of rotatable bonds is 3. The van der Waals surface area contributed by atoms with Gasteiger partial charge in [-0.25, -0.2) is 15.0 Å². The van der Waals surface area contributed by atoms with Gasteiger partial charge in [0.05, 0.1) is 12.9 Å². The lowest BCUT2D eigenvalue weighted by Crippen LogP contribution is -2.22. The molecule has 0 unspecified atom stereocenters. The van der Waals surface area contributed by atoms with Gasteiger partial charge in [-0.1, -0.05) is 29.3 Å². The lowest BCUT2D eigenvalue weighted by Gasteiger charge is -2.20. The van der Waals surface area contributed by atoms with Crippen molar-refractivity contribution in [1.29, 1.82) is 0 Å². The molecule has 3 aliphatic rings. The SMILES string of the molecule is Clc1cccc(Cl)c1Cn1cnc(N2CCCC2)c2ncnc1-2. The molecule has 0 aromatic heterocycles. The van der Waals surface area contributed by atoms with Crippen LogP contribution in [0.1, 0.15) is 18.4 Å². The first-order chi connectivity index (χ1) is 11.2. The largest absolute Gasteiger partial charge is 0.355 e. The molecule has 23 heavy (non-hydrogen) atoms. The van der Waals surface area contributed by atoms with Crippen molar-refractivity contribution < 1.29 is 0 Å². The molecule has 1 aromatic rings. The van der Waals surface area contributed by atoms with Crippen molar-refractivity contribution in [3.05, 3.63) is 46.5 Å². The number of halogens is 2. The van der Waals surface area contributed by atoms with Crippen molar-refractivity contribution in [2.75, 3.05) is 18.0 Å². The van der Waals surface area contributed by atoms with Gasteiger partial charge in [-0.05, 0) is 25.0 Å². The minimum Gasteiger partial charge on any atom is -0.355 e. The quantitative estimate of drug-likeness (QED) is 0.724. The Morgan fingerprint density at radius 1 is 1.00 bits per heavy atom. The molecule has 0 bridgehead atoms. The molecule has 118 valence electrons. The Morgan fingerprint density at radius 2 is 1.74 bits per heavy atom. The number of imidazole rings is 1. The molecule has 5 nitrogen and oxygen atoms in total. The topological polar surface area (TPSA) is 46.8 Å². The minimum absolute atomic E-state index is 0.515. The number of nitrogens with zero attached hydrogens (tertiary/aromatic N) is 5. The summed E-state index contributed by atoms with van der Waals surface area (Å²) < 4.78 is 1.94. The zero-order chi connectivity index (χ0) is 15.8. The van der Waals surface area contributed by atoms with Crippen molar-refractivity contribution in [2.45, 2.75) is 19.4 Å². The molecule has 0 atom stereocenters. The van der Waals surface area contributed by atoms with E-state index in [1.807, 2.05) is 22.8 Å². The molecule has 3 aliphatic heterocycles. The van der Waals surface area contributed by atoms with E-state index in [4.69, 9.17) is 23.2 Å². The summed E-state index contributed by atoms with van der Waals surface area (Å²) >= 11 is 12.6. The van der Waals surface area contributed by atoms with E-state index in [0.29, 0.717) is 16.6 Å². The smallest absolute Gasteiger partial charge is 0.165 e. The van der Waals surface area contributed by atoms with Crippen LogP contribution in [0.3, 0.4) is 0 Å². The van der Waals surface area contributed by atoms with Crippen LogP contribution in [0.2, 0.25) is 10.0 Å². The second-order valence-corrected chi connectivity index (χ2v) is 6.45. The summed E-state index contributed by atoms with van der Waals surface area (Å²) in [5.41, 5.74) is 1.69. The summed E-state index contributed by atoms with van der Waals surface area (Å²) in [6, 6.07) is 5.51. The summed E-state index contributed by atoms with van der Waals surface area (Å²) in [5.74, 6) is 1.72. The summed E-state index contributed by atoms with van der Waals surface area (Å²) in [5, 5.41) is 1.28. The van der Waals surface area contributed by atoms with Gasteiger partial charge >= 0.3 is 0 Å². The van der Waals surface area contributed by atoms with Crippen LogP contribution in [0, 0.1) is 0 Å². The highest BCUT2D eigenvalue weighted by Gasteiger charge is 2.23. The van der Waals surface area contributed by atoms with E-state index in [2.05, 4.69) is 19.9 Å². The zero-order valence-corrected chi connectivity index (χ0v) is 13.9. The maximum Gasteiger partial charge on any atom is 0.165 e. The molecule has 0 saturated carbocycles. The van der Waals surface area contributed by atoms with Crippen molar-refractivity contribution in [3.63, 3.8) is 0 Å². The fraction of sp³-hybridized carbons (Fsp3) is 0.312. The average molecular weight is 348 g/mol. The van der Waals surface area contributed by atoms with Gasteiger partial charge in [0.25, 0.3) is 0 Å². The maximum absolute atomic E-state index is 6.28. The van der Waals surface area contributed by atoms with Gasteiger partial charge in [-0.15, -0.1) is 0 Å². The Balaban J connectivity index is 1.74. The Morgan fingerprint density at radius 3 is 2.48 bits per heavy atom. The highest BCUT2D eigenvalue weighted by molar-refractivity contribution is 6.35. The van der Waals surface area contributed by atoms with E-state index in [1.165, 1.54) is 12.8 Å². The van der Waals surface area contributed by atoms with Crippen LogP contribution in [0.5, 0.6) is 0 Å². The Kier molecular flexibility index (Phi) is 3.83. The van der Waals surface area contributed by atoms with Crippen LogP contribution in [0.25, 0.3) is 11.5 Å². The number of benzene rings is 1. The molecule has 0 radical (unpaired) electrons. The molecule has 0 aliphatic carbocycles. The predicted octanol–water partition coefficient (Wildman–Crippen LogP) is 3.73. The lowest BCUT2D eigenvalue weighted by atomic mass is 10.2. The lowest BCUT2D eigenvalue weighted by molar-refractivity contribution is 0.754. The zero-order valence-electron chi connectivity index (χ0n) is 12.4. The number of aromatic nitrogens is 4. The van der Waals surface area contributed by atoms with Crippen molar-refractivity contribution >= 4 is 29.0 Å². The third-order valence-electron chi connectivity index (χ3n) is 4.18. The molecule has 1 fully saturated rings. The molecular formula is C16H15Cl2N5. The number of fused-ring (bicyclic) bond motifs is 1. The molecule has 7 heteroatoms. The molecular weight excluding hydrogens is 333 g/mol. The molecule has 1 aromatic carbocycles. The monoisotopic (exact) mass is 347 g/mol. The summed E-state index contributed by atoms with van der Waals surface area (Å²) in [6.45, 7) is 2.56. The third-order valence-corrected chi connectivity index (χ3v) is 4.89. The first-order valence-corrected chi connectivity index (χ1v) is 8.33. The molecule has 0 spiro atoms. The molecule has 0 N–H and O–H groups in total. The van der Waals surface area contributed by atoms with Gasteiger partial charge < -0.3 is 9.47 Å². The van der Waals surface area contributed by atoms with Gasteiger partial charge in [0.2, 0.25) is 0 Å². The number of hydrogen-bond donors (Lipinski definition) is 0. The standard InChI is InChI=1S/C16H15Cl2N5/c17-12-4-3-5-13(18)11(12)8-23-10-21-16(22-6-1-2-7-22)14-15(23)20-9-19-14/h3-5,9-10H,1-2,6-8H2. The van der Waals surface area contributed by atoms with Crippen molar-refractivity contribution in [2.24, 2.45) is 0 Å². The van der Waals surface area contributed by atoms with E-state index in [0.717, 1.165) is 36.0 Å². The predicted molar refractivity (Wildman–Crippen MR) is 91.5 cm³/mol. The van der Waals surface area contributed by atoms with Gasteiger partial charge in [-0.2, -0.15) is 0 Å². The van der Waals surface area contributed by atoms with Gasteiger partial charge in [0, 0.05) is 28.7 Å². The van der Waals surface area contributed by atoms with Gasteiger partial charge in [0.1, 0.15) is 6.33 Å². The second kappa shape index (κ2) is 5.98. The highest BCUT2D eigenvalue weighted by Crippen LogP contribution is 2.31. The van der Waals surface area contributed by atoms with Crippen molar-refractivity contribution in [3.8, 4) is 11.5 Å². The summed E-state index contributed by atoms with van der Waals surface area (Å²) in [6.07, 6.45) is 5.77. The molecule has 3 heterocycles. The normalized spacial score (nSPS) is 14.8. The van der Waals surface area contributed by atoms with Crippen LogP contribution in [0.15, 0.2) is 30.9 Å². The first kappa shape index (κ1) is 14.7.